The molecule has 0 unspecified atom stereocenters. The van der Waals surface area contributed by atoms with Crippen molar-refractivity contribution in [2.75, 3.05) is 5.73 Å². The first-order valence-corrected chi connectivity index (χ1v) is 7.74. The number of nitrogen functional groups attached to an aromatic ring is 1. The lowest BCUT2D eigenvalue weighted by molar-refractivity contribution is -0.124. The Labute approximate surface area is 134 Å². The number of carbonyl (C=O) groups is 2. The fourth-order valence-corrected chi connectivity index (χ4v) is 2.65. The van der Waals surface area contributed by atoms with E-state index in [-0.39, 0.29) is 16.9 Å². The van der Waals surface area contributed by atoms with Crippen LogP contribution < -0.4 is 21.9 Å². The highest BCUT2D eigenvalue weighted by Crippen LogP contribution is 2.23. The molecule has 1 aromatic rings. The number of nitrogens with two attached hydrogens (primary N) is 1. The van der Waals surface area contributed by atoms with E-state index in [1.165, 1.54) is 6.42 Å². The molecular formula is C15H20N4O2S. The van der Waals surface area contributed by atoms with Crippen molar-refractivity contribution in [2.24, 2.45) is 5.92 Å². The molecule has 0 heterocycles. The molecule has 1 aliphatic rings. The van der Waals surface area contributed by atoms with Crippen LogP contribution in [0.3, 0.4) is 0 Å². The van der Waals surface area contributed by atoms with Crippen molar-refractivity contribution in [3.63, 3.8) is 0 Å². The smallest absolute Gasteiger partial charge is 0.271 e. The maximum atomic E-state index is 12.0. The Morgan fingerprint density at radius 2 is 1.77 bits per heavy atom. The summed E-state index contributed by atoms with van der Waals surface area (Å²) in [4.78, 5) is 23.9. The summed E-state index contributed by atoms with van der Waals surface area (Å²) in [6.45, 7) is 0. The van der Waals surface area contributed by atoms with Crippen LogP contribution in [-0.2, 0) is 4.79 Å². The zero-order valence-corrected chi connectivity index (χ0v) is 13.0. The van der Waals surface area contributed by atoms with Crippen LogP contribution in [0.5, 0.6) is 0 Å². The first kappa shape index (κ1) is 16.2. The van der Waals surface area contributed by atoms with E-state index in [0.717, 1.165) is 25.7 Å². The predicted octanol–water partition coefficient (Wildman–Crippen LogP) is 1.48. The summed E-state index contributed by atoms with van der Waals surface area (Å²) in [6.07, 6.45) is 5.11. The monoisotopic (exact) mass is 320 g/mol. The third-order valence-electron chi connectivity index (χ3n) is 3.71. The number of thiocarbonyl (C=S) groups is 1. The highest BCUT2D eigenvalue weighted by Gasteiger charge is 2.21. The van der Waals surface area contributed by atoms with Gasteiger partial charge >= 0.3 is 0 Å². The maximum absolute atomic E-state index is 12.0. The summed E-state index contributed by atoms with van der Waals surface area (Å²) in [5.41, 5.74) is 11.4. The van der Waals surface area contributed by atoms with E-state index < -0.39 is 5.91 Å². The van der Waals surface area contributed by atoms with Gasteiger partial charge in [-0.05, 0) is 37.2 Å². The molecule has 1 aromatic carbocycles. The van der Waals surface area contributed by atoms with E-state index in [9.17, 15) is 9.59 Å². The van der Waals surface area contributed by atoms with Crippen LogP contribution >= 0.6 is 12.2 Å². The summed E-state index contributed by atoms with van der Waals surface area (Å²) >= 11 is 5.01. The van der Waals surface area contributed by atoms with Gasteiger partial charge in [-0.1, -0.05) is 31.4 Å². The Balaban J connectivity index is 1.79. The van der Waals surface area contributed by atoms with Gasteiger partial charge in [0.25, 0.3) is 5.91 Å². The molecular weight excluding hydrogens is 300 g/mol. The molecule has 2 rings (SSSR count). The van der Waals surface area contributed by atoms with Crippen molar-refractivity contribution >= 4 is 34.8 Å². The predicted molar refractivity (Wildman–Crippen MR) is 88.8 cm³/mol. The van der Waals surface area contributed by atoms with Crippen molar-refractivity contribution in [1.82, 2.24) is 16.2 Å². The van der Waals surface area contributed by atoms with Crippen molar-refractivity contribution in [1.29, 1.82) is 0 Å². The lowest BCUT2D eigenvalue weighted by Crippen LogP contribution is -2.50. The second-order valence-electron chi connectivity index (χ2n) is 5.32. The van der Waals surface area contributed by atoms with Gasteiger partial charge in [-0.2, -0.15) is 0 Å². The SMILES string of the molecule is Nc1ccccc1C(=O)NNC(=S)NC(=O)C1CCCCC1. The van der Waals surface area contributed by atoms with Gasteiger partial charge in [-0.15, -0.1) is 0 Å². The maximum Gasteiger partial charge on any atom is 0.271 e. The number of rotatable bonds is 2. The molecule has 0 spiro atoms. The highest BCUT2D eigenvalue weighted by atomic mass is 32.1. The average molecular weight is 320 g/mol. The van der Waals surface area contributed by atoms with Gasteiger partial charge in [0.1, 0.15) is 0 Å². The Morgan fingerprint density at radius 3 is 2.45 bits per heavy atom. The van der Waals surface area contributed by atoms with Gasteiger partial charge in [-0.3, -0.25) is 20.4 Å². The van der Waals surface area contributed by atoms with Crippen LogP contribution in [0.2, 0.25) is 0 Å². The number of nitrogens with one attached hydrogen (secondary N) is 3. The third kappa shape index (κ3) is 4.42. The Hall–Kier alpha value is -2.15. The standard InChI is InChI=1S/C15H20N4O2S/c16-12-9-5-4-8-11(12)14(21)18-19-15(22)17-13(20)10-6-2-1-3-7-10/h4-5,8-10H,1-3,6-7,16H2,(H,18,21)(H2,17,19,20,22). The van der Waals surface area contributed by atoms with E-state index in [4.69, 9.17) is 18.0 Å². The van der Waals surface area contributed by atoms with E-state index in [0.29, 0.717) is 11.3 Å². The first-order valence-electron chi connectivity index (χ1n) is 7.33. The van der Waals surface area contributed by atoms with Crippen LogP contribution in [0.4, 0.5) is 5.69 Å². The lowest BCUT2D eigenvalue weighted by atomic mass is 9.89. The molecule has 1 saturated carbocycles. The topological polar surface area (TPSA) is 96.2 Å². The zero-order valence-electron chi connectivity index (χ0n) is 12.2. The molecule has 1 aliphatic carbocycles. The van der Waals surface area contributed by atoms with Crippen molar-refractivity contribution < 1.29 is 9.59 Å². The number of carbonyl (C=O) groups excluding carboxylic acids is 2. The summed E-state index contributed by atoms with van der Waals surface area (Å²) < 4.78 is 0. The van der Waals surface area contributed by atoms with E-state index in [2.05, 4.69) is 16.2 Å². The molecule has 0 atom stereocenters. The molecule has 0 radical (unpaired) electrons. The highest BCUT2D eigenvalue weighted by molar-refractivity contribution is 7.80. The second kappa shape index (κ2) is 7.74. The van der Waals surface area contributed by atoms with Crippen LogP contribution in [0.15, 0.2) is 24.3 Å². The average Bonchev–Trinajstić information content (AvgIpc) is 2.54. The van der Waals surface area contributed by atoms with Crippen LogP contribution in [0.1, 0.15) is 42.5 Å². The Morgan fingerprint density at radius 1 is 1.09 bits per heavy atom. The molecule has 0 saturated heterocycles. The molecule has 118 valence electrons. The number of amides is 2. The molecule has 1 fully saturated rings. The normalized spacial score (nSPS) is 14.9. The Bertz CT molecular complexity index is 570. The van der Waals surface area contributed by atoms with Gasteiger partial charge in [0.05, 0.1) is 5.56 Å². The van der Waals surface area contributed by atoms with Gasteiger partial charge in [-0.25, -0.2) is 0 Å². The molecule has 6 nitrogen and oxygen atoms in total. The van der Waals surface area contributed by atoms with E-state index in [1.54, 1.807) is 24.3 Å². The van der Waals surface area contributed by atoms with Gasteiger partial charge in [0.2, 0.25) is 5.91 Å². The van der Waals surface area contributed by atoms with E-state index in [1.807, 2.05) is 0 Å². The number of anilines is 1. The number of para-hydroxylation sites is 1. The fraction of sp³-hybridized carbons (Fsp3) is 0.400. The molecule has 5 N–H and O–H groups in total. The number of hydrazine groups is 1. The molecule has 0 aromatic heterocycles. The Kier molecular flexibility index (Phi) is 5.71. The summed E-state index contributed by atoms with van der Waals surface area (Å²) in [5, 5.41) is 2.69. The number of benzene rings is 1. The summed E-state index contributed by atoms with van der Waals surface area (Å²) in [6, 6.07) is 6.71. The molecule has 0 bridgehead atoms. The molecule has 2 amide bonds. The first-order chi connectivity index (χ1) is 10.6. The minimum absolute atomic E-state index is 0.00830. The van der Waals surface area contributed by atoms with Gasteiger partial charge < -0.3 is 11.1 Å². The van der Waals surface area contributed by atoms with Crippen molar-refractivity contribution in [3.8, 4) is 0 Å². The minimum Gasteiger partial charge on any atom is -0.398 e. The van der Waals surface area contributed by atoms with Crippen LogP contribution in [0.25, 0.3) is 0 Å². The van der Waals surface area contributed by atoms with Crippen LogP contribution in [-0.4, -0.2) is 16.9 Å². The summed E-state index contributed by atoms with van der Waals surface area (Å²) in [5.74, 6) is -0.494. The fourth-order valence-electron chi connectivity index (χ4n) is 2.49. The van der Waals surface area contributed by atoms with Crippen molar-refractivity contribution in [2.45, 2.75) is 32.1 Å². The zero-order chi connectivity index (χ0) is 15.9. The van der Waals surface area contributed by atoms with Crippen LogP contribution in [0, 0.1) is 5.92 Å². The largest absolute Gasteiger partial charge is 0.398 e. The minimum atomic E-state index is -0.410. The quantitative estimate of drug-likeness (QED) is 0.376. The van der Waals surface area contributed by atoms with Crippen molar-refractivity contribution in [3.05, 3.63) is 29.8 Å². The van der Waals surface area contributed by atoms with Gasteiger partial charge in [0.15, 0.2) is 5.11 Å². The molecule has 22 heavy (non-hydrogen) atoms. The second-order valence-corrected chi connectivity index (χ2v) is 5.73. The molecule has 0 aliphatic heterocycles. The van der Waals surface area contributed by atoms with E-state index >= 15 is 0 Å². The lowest BCUT2D eigenvalue weighted by Gasteiger charge is -2.21. The van der Waals surface area contributed by atoms with Gasteiger partial charge in [0, 0.05) is 11.6 Å². The summed E-state index contributed by atoms with van der Waals surface area (Å²) in [7, 11) is 0. The molecule has 7 heteroatoms. The number of hydrogen-bond donors (Lipinski definition) is 4. The third-order valence-corrected chi connectivity index (χ3v) is 3.91. The number of hydrogen-bond acceptors (Lipinski definition) is 4.